The van der Waals surface area contributed by atoms with Crippen LogP contribution in [0.2, 0.25) is 0 Å². The van der Waals surface area contributed by atoms with Crippen molar-refractivity contribution in [3.8, 4) is 51.7 Å². The number of ketones is 1. The summed E-state index contributed by atoms with van der Waals surface area (Å²) in [7, 11) is 3.81. The third-order valence-corrected chi connectivity index (χ3v) is 7.16. The maximum atomic E-state index is 14.3. The van der Waals surface area contributed by atoms with E-state index in [9.17, 15) is 35.1 Å². The molecule has 0 atom stereocenters. The average molecular weight is 601 g/mol. The molecule has 0 aliphatic heterocycles. The van der Waals surface area contributed by atoms with Crippen LogP contribution in [-0.2, 0) is 4.74 Å². The lowest BCUT2D eigenvalue weighted by Crippen LogP contribution is -2.06. The Kier molecular flexibility index (Phi) is 7.48. The van der Waals surface area contributed by atoms with Crippen molar-refractivity contribution in [1.29, 1.82) is 0 Å². The summed E-state index contributed by atoms with van der Waals surface area (Å²) in [4.78, 5) is 26.9. The molecule has 0 saturated carbocycles. The quantitative estimate of drug-likeness (QED) is 0.168. The number of methoxy groups -OCH3 is 3. The van der Waals surface area contributed by atoms with Gasteiger partial charge in [-0.1, -0.05) is 0 Å². The van der Waals surface area contributed by atoms with Crippen molar-refractivity contribution in [2.45, 2.75) is 13.8 Å². The van der Waals surface area contributed by atoms with Crippen LogP contribution in [0.25, 0.3) is 11.1 Å². The van der Waals surface area contributed by atoms with E-state index in [1.54, 1.807) is 13.8 Å². The van der Waals surface area contributed by atoms with Gasteiger partial charge in [-0.2, -0.15) is 0 Å². The normalized spacial score (nSPS) is 12.2. The number of hydrogen-bond donors (Lipinski definition) is 5. The fourth-order valence-corrected chi connectivity index (χ4v) is 5.28. The number of benzene rings is 4. The number of esters is 1. The molecule has 1 aliphatic carbocycles. The smallest absolute Gasteiger partial charge is 0.345 e. The molecule has 4 aromatic rings. The molecule has 5 N–H and O–H groups in total. The minimum Gasteiger partial charge on any atom is -0.507 e. The number of phenols is 5. The van der Waals surface area contributed by atoms with Gasteiger partial charge < -0.3 is 44.5 Å². The molecule has 226 valence electrons. The van der Waals surface area contributed by atoms with Crippen molar-refractivity contribution >= 4 is 22.9 Å². The summed E-state index contributed by atoms with van der Waals surface area (Å²) in [6.07, 6.45) is 0. The Labute approximate surface area is 251 Å². The van der Waals surface area contributed by atoms with Gasteiger partial charge in [0.15, 0.2) is 17.3 Å². The molecule has 1 aliphatic rings. The van der Waals surface area contributed by atoms with E-state index in [0.717, 1.165) is 7.11 Å². The molecule has 0 radical (unpaired) electrons. The first kappa shape index (κ1) is 29.6. The Morgan fingerprint density at radius 3 is 1.73 bits per heavy atom. The van der Waals surface area contributed by atoms with Crippen molar-refractivity contribution in [2.75, 3.05) is 21.3 Å². The highest BCUT2D eigenvalue weighted by molar-refractivity contribution is 6.43. The molecule has 0 bridgehead atoms. The summed E-state index contributed by atoms with van der Waals surface area (Å²) < 4.78 is 21.5. The molecule has 4 aromatic carbocycles. The van der Waals surface area contributed by atoms with Crippen LogP contribution in [0.5, 0.6) is 51.7 Å². The van der Waals surface area contributed by atoms with E-state index in [2.05, 4.69) is 0 Å². The maximum Gasteiger partial charge on any atom is 0.345 e. The van der Waals surface area contributed by atoms with E-state index in [0.29, 0.717) is 11.1 Å². The van der Waals surface area contributed by atoms with E-state index in [-0.39, 0.29) is 67.7 Å². The fraction of sp³-hybridized carbons (Fsp3) is 0.152. The Balaban J connectivity index is 1.90. The first-order valence-electron chi connectivity index (χ1n) is 13.1. The maximum absolute atomic E-state index is 14.3. The molecule has 0 heterocycles. The van der Waals surface area contributed by atoms with Crippen molar-refractivity contribution in [1.82, 2.24) is 0 Å². The zero-order chi connectivity index (χ0) is 32.0. The summed E-state index contributed by atoms with van der Waals surface area (Å²) in [5.74, 6) is -4.03. The third kappa shape index (κ3) is 4.83. The Morgan fingerprint density at radius 1 is 0.614 bits per heavy atom. The lowest BCUT2D eigenvalue weighted by Gasteiger charge is -2.19. The van der Waals surface area contributed by atoms with Crippen LogP contribution in [0, 0.1) is 13.8 Å². The molecule has 0 unspecified atom stereocenters. The van der Waals surface area contributed by atoms with Gasteiger partial charge in [0.05, 0.1) is 26.9 Å². The number of allylic oxidation sites excluding steroid dienone is 1. The number of hydrogen-bond acceptors (Lipinski definition) is 11. The molecular weight excluding hydrogens is 572 g/mol. The molecule has 0 amide bonds. The van der Waals surface area contributed by atoms with Crippen LogP contribution >= 0.6 is 0 Å². The molecule has 0 fully saturated rings. The topological polar surface area (TPSA) is 172 Å². The predicted octanol–water partition coefficient (Wildman–Crippen LogP) is 5.58. The first-order chi connectivity index (χ1) is 20.9. The number of carbonyl (C=O) groups is 2. The molecule has 0 spiro atoms. The Hall–Kier alpha value is -5.84. The summed E-state index contributed by atoms with van der Waals surface area (Å²) >= 11 is 0. The molecule has 0 saturated heterocycles. The fourth-order valence-electron chi connectivity index (χ4n) is 5.28. The number of aryl methyl sites for hydroxylation is 2. The molecule has 11 nitrogen and oxygen atoms in total. The average Bonchev–Trinajstić information content (AvgIpc) is 3.24. The van der Waals surface area contributed by atoms with Crippen LogP contribution in [-0.4, -0.2) is 58.6 Å². The van der Waals surface area contributed by atoms with Gasteiger partial charge in [-0.05, 0) is 61.4 Å². The van der Waals surface area contributed by atoms with Gasteiger partial charge in [-0.25, -0.2) is 4.79 Å². The molecule has 44 heavy (non-hydrogen) atoms. The summed E-state index contributed by atoms with van der Waals surface area (Å²) in [6, 6.07) is 10.7. The molecule has 0 aromatic heterocycles. The van der Waals surface area contributed by atoms with Crippen molar-refractivity contribution in [3.63, 3.8) is 0 Å². The lowest BCUT2D eigenvalue weighted by molar-refractivity contribution is 0.0594. The van der Waals surface area contributed by atoms with E-state index >= 15 is 0 Å². The van der Waals surface area contributed by atoms with Gasteiger partial charge in [-0.15, -0.1) is 0 Å². The summed E-state index contributed by atoms with van der Waals surface area (Å²) in [5, 5.41) is 55.0. The lowest BCUT2D eigenvalue weighted by atomic mass is 9.91. The van der Waals surface area contributed by atoms with E-state index in [1.165, 1.54) is 62.8 Å². The number of Topliss-reactive ketones (excluding diaryl/α,β-unsaturated/α-hetero) is 1. The van der Waals surface area contributed by atoms with Gasteiger partial charge in [0.2, 0.25) is 0 Å². The number of fused-ring (bicyclic) bond motifs is 1. The third-order valence-electron chi connectivity index (χ3n) is 7.16. The standard InChI is InChI=1S/C33H28O11/c1-14-6-20(34)28(21(35)7-14)30-26-18(10-16(41-3)12-23(26)37)31(39)27(30)19-11-17(42-4)13-24(38)32(19)44-25-9-15(2)8-22(36)29(25)33(40)43-5/h6-13,34-38H,1-5H3. The number of aromatic hydroxyl groups is 5. The first-order valence-corrected chi connectivity index (χ1v) is 13.1. The number of carbonyl (C=O) groups excluding carboxylic acids is 2. The highest BCUT2D eigenvalue weighted by Crippen LogP contribution is 2.54. The van der Waals surface area contributed by atoms with Crippen LogP contribution in [0.1, 0.15) is 48.5 Å². The minimum atomic E-state index is -0.928. The largest absolute Gasteiger partial charge is 0.507 e. The van der Waals surface area contributed by atoms with Gasteiger partial charge in [0, 0.05) is 40.0 Å². The van der Waals surface area contributed by atoms with E-state index < -0.39 is 34.8 Å². The monoisotopic (exact) mass is 600 g/mol. The second-order valence-corrected chi connectivity index (χ2v) is 10.1. The van der Waals surface area contributed by atoms with Gasteiger partial charge in [-0.3, -0.25) is 4.79 Å². The molecule has 5 rings (SSSR count). The SMILES string of the molecule is COC(=O)c1c(O)cc(C)cc1Oc1c(O)cc(OC)cc1C1=C(c2c(O)cc(C)cc2O)c2c(O)cc(OC)cc2C1=O. The summed E-state index contributed by atoms with van der Waals surface area (Å²) in [5.41, 5.74) is 0.104. The zero-order valence-electron chi connectivity index (χ0n) is 24.3. The van der Waals surface area contributed by atoms with Crippen molar-refractivity contribution in [2.24, 2.45) is 0 Å². The minimum absolute atomic E-state index is 0.0167. The van der Waals surface area contributed by atoms with Gasteiger partial charge >= 0.3 is 5.97 Å². The van der Waals surface area contributed by atoms with Gasteiger partial charge in [0.1, 0.15) is 45.8 Å². The zero-order valence-corrected chi connectivity index (χ0v) is 24.3. The number of phenolic OH excluding ortho intramolecular Hbond substituents is 5. The highest BCUT2D eigenvalue weighted by atomic mass is 16.5. The van der Waals surface area contributed by atoms with Gasteiger partial charge in [0.25, 0.3) is 0 Å². The Bertz CT molecular complexity index is 1880. The van der Waals surface area contributed by atoms with Crippen molar-refractivity contribution in [3.05, 3.63) is 87.5 Å². The molecular formula is C33H28O11. The van der Waals surface area contributed by atoms with E-state index in [4.69, 9.17) is 18.9 Å². The van der Waals surface area contributed by atoms with Crippen LogP contribution in [0.4, 0.5) is 0 Å². The van der Waals surface area contributed by atoms with Crippen LogP contribution in [0.3, 0.4) is 0 Å². The Morgan fingerprint density at radius 2 is 1.14 bits per heavy atom. The van der Waals surface area contributed by atoms with Crippen LogP contribution in [0.15, 0.2) is 48.5 Å². The van der Waals surface area contributed by atoms with Crippen molar-refractivity contribution < 1.29 is 54.1 Å². The van der Waals surface area contributed by atoms with Crippen LogP contribution < -0.4 is 14.2 Å². The predicted molar refractivity (Wildman–Crippen MR) is 158 cm³/mol. The van der Waals surface area contributed by atoms with E-state index in [1.807, 2.05) is 0 Å². The number of rotatable bonds is 7. The second-order valence-electron chi connectivity index (χ2n) is 10.1. The highest BCUT2D eigenvalue weighted by Gasteiger charge is 2.39. The number of ether oxygens (including phenoxy) is 4. The second kappa shape index (κ2) is 11.1. The molecule has 11 heteroatoms. The summed E-state index contributed by atoms with van der Waals surface area (Å²) in [6.45, 7) is 3.29.